The maximum absolute atomic E-state index is 12.4. The van der Waals surface area contributed by atoms with E-state index in [1.54, 1.807) is 84.9 Å². The maximum atomic E-state index is 12.4. The summed E-state index contributed by atoms with van der Waals surface area (Å²) in [6.45, 7) is 0. The van der Waals surface area contributed by atoms with Crippen LogP contribution in [0.1, 0.15) is 20.7 Å². The Labute approximate surface area is 185 Å². The largest absolute Gasteiger partial charge is 0.292 e. The quantitative estimate of drug-likeness (QED) is 0.373. The highest BCUT2D eigenvalue weighted by molar-refractivity contribution is 6.09. The van der Waals surface area contributed by atoms with E-state index < -0.39 is 11.8 Å². The summed E-state index contributed by atoms with van der Waals surface area (Å²) in [6, 6.07) is 27.8. The summed E-state index contributed by atoms with van der Waals surface area (Å²) in [4.78, 5) is 33.2. The fourth-order valence-electron chi connectivity index (χ4n) is 2.83. The van der Waals surface area contributed by atoms with Crippen LogP contribution in [0.15, 0.2) is 94.9 Å². The van der Waals surface area contributed by atoms with Gasteiger partial charge in [-0.15, -0.1) is 0 Å². The van der Waals surface area contributed by atoms with E-state index >= 15 is 0 Å². The number of hydrogen-bond acceptors (Lipinski definition) is 6. The van der Waals surface area contributed by atoms with Crippen LogP contribution < -0.4 is 0 Å². The van der Waals surface area contributed by atoms with Crippen molar-refractivity contribution in [2.24, 2.45) is 21.8 Å². The molecule has 6 nitrogen and oxygen atoms in total. The van der Waals surface area contributed by atoms with Crippen LogP contribution in [0.4, 0.5) is 11.4 Å². The van der Waals surface area contributed by atoms with E-state index in [1.165, 1.54) is 12.4 Å². The first-order valence-electron chi connectivity index (χ1n) is 9.78. The number of nitriles is 2. The number of rotatable bonds is 8. The molecule has 2 atom stereocenters. The lowest BCUT2D eigenvalue weighted by Gasteiger charge is -2.03. The summed E-state index contributed by atoms with van der Waals surface area (Å²) < 4.78 is 0. The molecule has 3 rings (SSSR count). The first kappa shape index (κ1) is 22.0. The maximum Gasteiger partial charge on any atom is 0.185 e. The third-order valence-electron chi connectivity index (χ3n) is 4.55. The minimum atomic E-state index is -0.990. The fourth-order valence-corrected chi connectivity index (χ4v) is 2.83. The molecule has 0 aliphatic carbocycles. The van der Waals surface area contributed by atoms with Crippen LogP contribution in [0.3, 0.4) is 0 Å². The second-order valence-electron chi connectivity index (χ2n) is 6.75. The van der Waals surface area contributed by atoms with Gasteiger partial charge in [-0.05, 0) is 24.3 Å². The molecule has 0 saturated carbocycles. The van der Waals surface area contributed by atoms with E-state index in [2.05, 4.69) is 9.98 Å². The van der Waals surface area contributed by atoms with Gasteiger partial charge in [-0.3, -0.25) is 19.6 Å². The highest BCUT2D eigenvalue weighted by Gasteiger charge is 2.18. The Morgan fingerprint density at radius 3 is 1.28 bits per heavy atom. The van der Waals surface area contributed by atoms with Crippen LogP contribution in [0.2, 0.25) is 0 Å². The molecular formula is C26H18N4O2. The molecule has 0 radical (unpaired) electrons. The van der Waals surface area contributed by atoms with Crippen LogP contribution in [0.5, 0.6) is 0 Å². The Morgan fingerprint density at radius 1 is 0.625 bits per heavy atom. The number of ketones is 2. The summed E-state index contributed by atoms with van der Waals surface area (Å²) in [6.07, 6.45) is 2.63. The molecule has 0 bridgehead atoms. The number of carbonyl (C=O) groups is 2. The van der Waals surface area contributed by atoms with Crippen LogP contribution >= 0.6 is 0 Å². The van der Waals surface area contributed by atoms with Crippen molar-refractivity contribution in [2.75, 3.05) is 0 Å². The van der Waals surface area contributed by atoms with Gasteiger partial charge >= 0.3 is 0 Å². The molecule has 0 saturated heterocycles. The Kier molecular flexibility index (Phi) is 7.51. The predicted molar refractivity (Wildman–Crippen MR) is 122 cm³/mol. The smallest absolute Gasteiger partial charge is 0.185 e. The van der Waals surface area contributed by atoms with Crippen LogP contribution in [-0.2, 0) is 0 Å². The normalized spacial score (nSPS) is 12.7. The van der Waals surface area contributed by atoms with E-state index in [4.69, 9.17) is 0 Å². The Bertz CT molecular complexity index is 1120. The minimum Gasteiger partial charge on any atom is -0.292 e. The Hall–Kier alpha value is -4.68. The van der Waals surface area contributed by atoms with Gasteiger partial charge in [0.25, 0.3) is 0 Å². The van der Waals surface area contributed by atoms with Crippen molar-refractivity contribution in [3.63, 3.8) is 0 Å². The van der Waals surface area contributed by atoms with Crippen molar-refractivity contribution < 1.29 is 9.59 Å². The second-order valence-corrected chi connectivity index (χ2v) is 6.75. The van der Waals surface area contributed by atoms with Gasteiger partial charge in [-0.1, -0.05) is 60.7 Å². The van der Waals surface area contributed by atoms with E-state index in [0.717, 1.165) is 0 Å². The molecule has 0 amide bonds. The van der Waals surface area contributed by atoms with Crippen molar-refractivity contribution in [1.29, 1.82) is 10.5 Å². The highest BCUT2D eigenvalue weighted by atomic mass is 16.1. The molecule has 6 heteroatoms. The number of hydrogen-bond donors (Lipinski definition) is 0. The molecule has 3 aromatic carbocycles. The molecule has 0 aromatic heterocycles. The Morgan fingerprint density at radius 2 is 0.969 bits per heavy atom. The van der Waals surface area contributed by atoms with Gasteiger partial charge in [0.2, 0.25) is 0 Å². The standard InChI is InChI=1S/C26H18N4O2/c27-15-21(25(31)19-7-3-1-4-8-19)17-29-23-11-13-24(14-12-23)30-18-22(16-28)26(32)20-9-5-2-6-10-20/h1-14,17-18,21-22H. The summed E-state index contributed by atoms with van der Waals surface area (Å²) >= 11 is 0. The van der Waals surface area contributed by atoms with Gasteiger partial charge in [0.1, 0.15) is 11.8 Å². The lowest BCUT2D eigenvalue weighted by molar-refractivity contribution is 0.0968. The monoisotopic (exact) mass is 418 g/mol. The molecule has 0 spiro atoms. The lowest BCUT2D eigenvalue weighted by Crippen LogP contribution is -2.14. The summed E-state index contributed by atoms with van der Waals surface area (Å²) in [5.74, 6) is -2.61. The van der Waals surface area contributed by atoms with Crippen LogP contribution in [0, 0.1) is 34.5 Å². The predicted octanol–water partition coefficient (Wildman–Crippen LogP) is 5.14. The molecule has 0 heterocycles. The molecule has 3 aromatic rings. The lowest BCUT2D eigenvalue weighted by atomic mass is 10.00. The van der Waals surface area contributed by atoms with Crippen molar-refractivity contribution in [3.8, 4) is 12.1 Å². The van der Waals surface area contributed by atoms with Crippen molar-refractivity contribution in [2.45, 2.75) is 0 Å². The molecule has 0 fully saturated rings. The van der Waals surface area contributed by atoms with Crippen LogP contribution in [-0.4, -0.2) is 24.0 Å². The first-order chi connectivity index (χ1) is 15.6. The second kappa shape index (κ2) is 10.9. The Balaban J connectivity index is 1.66. The van der Waals surface area contributed by atoms with E-state index in [1.807, 2.05) is 12.1 Å². The topological polar surface area (TPSA) is 106 Å². The molecule has 2 unspecified atom stereocenters. The molecule has 32 heavy (non-hydrogen) atoms. The number of Topliss-reactive ketones (excluding diaryl/α,β-unsaturated/α-hetero) is 2. The SMILES string of the molecule is N#CC(C=Nc1ccc(N=CC(C#N)C(=O)c2ccccc2)cc1)C(=O)c1ccccc1. The average Bonchev–Trinajstić information content (AvgIpc) is 2.86. The zero-order chi connectivity index (χ0) is 22.8. The van der Waals surface area contributed by atoms with E-state index in [9.17, 15) is 20.1 Å². The minimum absolute atomic E-state index is 0.316. The molecule has 154 valence electrons. The van der Waals surface area contributed by atoms with Gasteiger partial charge < -0.3 is 0 Å². The highest BCUT2D eigenvalue weighted by Crippen LogP contribution is 2.19. The molecular weight excluding hydrogens is 400 g/mol. The van der Waals surface area contributed by atoms with Gasteiger partial charge in [-0.25, -0.2) is 0 Å². The van der Waals surface area contributed by atoms with E-state index in [0.29, 0.717) is 22.5 Å². The number of carbonyl (C=O) groups excluding carboxylic acids is 2. The average molecular weight is 418 g/mol. The number of aliphatic imine (C=N–C) groups is 2. The number of nitrogens with zero attached hydrogens (tertiary/aromatic N) is 4. The zero-order valence-electron chi connectivity index (χ0n) is 17.0. The van der Waals surface area contributed by atoms with Gasteiger partial charge in [0, 0.05) is 23.6 Å². The van der Waals surface area contributed by atoms with Gasteiger partial charge in [0.15, 0.2) is 11.6 Å². The van der Waals surface area contributed by atoms with Crippen molar-refractivity contribution in [1.82, 2.24) is 0 Å². The fraction of sp³-hybridized carbons (Fsp3) is 0.0769. The molecule has 0 N–H and O–H groups in total. The molecule has 0 aliphatic rings. The van der Waals surface area contributed by atoms with Gasteiger partial charge in [0.05, 0.1) is 23.5 Å². The molecule has 0 aliphatic heterocycles. The third-order valence-corrected chi connectivity index (χ3v) is 4.55. The first-order valence-corrected chi connectivity index (χ1v) is 9.78. The summed E-state index contributed by atoms with van der Waals surface area (Å²) in [5, 5.41) is 18.6. The zero-order valence-corrected chi connectivity index (χ0v) is 17.0. The summed E-state index contributed by atoms with van der Waals surface area (Å²) in [7, 11) is 0. The third kappa shape index (κ3) is 5.69. The van der Waals surface area contributed by atoms with Crippen molar-refractivity contribution in [3.05, 3.63) is 96.1 Å². The number of benzene rings is 3. The summed E-state index contributed by atoms with van der Waals surface area (Å²) in [5.41, 5.74) is 1.99. The van der Waals surface area contributed by atoms with Crippen LogP contribution in [0.25, 0.3) is 0 Å². The van der Waals surface area contributed by atoms with E-state index in [-0.39, 0.29) is 11.6 Å². The van der Waals surface area contributed by atoms with Gasteiger partial charge in [-0.2, -0.15) is 10.5 Å². The van der Waals surface area contributed by atoms with Crippen molar-refractivity contribution >= 4 is 35.4 Å².